The average Bonchev–Trinajstić information content (AvgIpc) is 2.63. The van der Waals surface area contributed by atoms with Crippen LogP contribution in [0.5, 0.6) is 0 Å². The van der Waals surface area contributed by atoms with Crippen molar-refractivity contribution in [2.45, 2.75) is 6.92 Å². The van der Waals surface area contributed by atoms with Crippen LogP contribution in [0.25, 0.3) is 0 Å². The number of rotatable bonds is 1. The number of aliphatic imine (C=N–C) groups is 1. The summed E-state index contributed by atoms with van der Waals surface area (Å²) in [6.07, 6.45) is 0. The number of hydrogen-bond donors (Lipinski definition) is 1. The minimum atomic E-state index is 0.650. The second-order valence-electron chi connectivity index (χ2n) is 2.65. The van der Waals surface area contributed by atoms with Gasteiger partial charge in [0.25, 0.3) is 6.02 Å². The van der Waals surface area contributed by atoms with Crippen molar-refractivity contribution >= 4 is 22.4 Å². The summed E-state index contributed by atoms with van der Waals surface area (Å²) in [6, 6.07) is 2.73. The van der Waals surface area contributed by atoms with Crippen LogP contribution in [0, 0.1) is 6.92 Å². The molecule has 3 nitrogen and oxygen atoms in total. The van der Waals surface area contributed by atoms with Gasteiger partial charge in [0.05, 0.1) is 11.5 Å². The Morgan fingerprint density at radius 1 is 1.67 bits per heavy atom. The summed E-state index contributed by atoms with van der Waals surface area (Å²) in [7, 11) is 0. The van der Waals surface area contributed by atoms with Crippen LogP contribution in [0.2, 0.25) is 0 Å². The largest absolute Gasteiger partial charge is 0.463 e. The SMILES string of the molecule is Cc1csc(NC2=NCCO2)c1. The molecule has 64 valence electrons. The topological polar surface area (TPSA) is 33.6 Å². The van der Waals surface area contributed by atoms with E-state index in [1.165, 1.54) is 5.56 Å². The number of amidine groups is 1. The van der Waals surface area contributed by atoms with E-state index in [2.05, 4.69) is 28.7 Å². The number of anilines is 1. The Labute approximate surface area is 75.1 Å². The van der Waals surface area contributed by atoms with Gasteiger partial charge in [-0.3, -0.25) is 0 Å². The molecule has 0 unspecified atom stereocenters. The molecule has 0 spiro atoms. The van der Waals surface area contributed by atoms with Crippen molar-refractivity contribution < 1.29 is 4.74 Å². The van der Waals surface area contributed by atoms with E-state index in [-0.39, 0.29) is 0 Å². The van der Waals surface area contributed by atoms with Gasteiger partial charge in [0.2, 0.25) is 0 Å². The van der Waals surface area contributed by atoms with Gasteiger partial charge in [-0.15, -0.1) is 11.3 Å². The molecule has 1 N–H and O–H groups in total. The van der Waals surface area contributed by atoms with Crippen molar-refractivity contribution in [3.05, 3.63) is 17.0 Å². The molecule has 2 rings (SSSR count). The Balaban J connectivity index is 2.03. The Morgan fingerprint density at radius 3 is 3.17 bits per heavy atom. The van der Waals surface area contributed by atoms with E-state index in [1.807, 2.05) is 0 Å². The van der Waals surface area contributed by atoms with E-state index < -0.39 is 0 Å². The van der Waals surface area contributed by atoms with E-state index >= 15 is 0 Å². The maximum atomic E-state index is 5.21. The zero-order chi connectivity index (χ0) is 8.39. The van der Waals surface area contributed by atoms with Crippen molar-refractivity contribution in [1.29, 1.82) is 0 Å². The number of hydrogen-bond acceptors (Lipinski definition) is 4. The number of nitrogens with zero attached hydrogens (tertiary/aromatic N) is 1. The molecule has 1 aromatic heterocycles. The van der Waals surface area contributed by atoms with E-state index in [0.29, 0.717) is 12.6 Å². The fraction of sp³-hybridized carbons (Fsp3) is 0.375. The first-order chi connectivity index (χ1) is 5.84. The fourth-order valence-electron chi connectivity index (χ4n) is 1.01. The van der Waals surface area contributed by atoms with Crippen molar-refractivity contribution in [2.75, 3.05) is 18.5 Å². The van der Waals surface area contributed by atoms with Crippen LogP contribution < -0.4 is 5.32 Å². The summed E-state index contributed by atoms with van der Waals surface area (Å²) in [5.74, 6) is 0. The molecule has 0 saturated carbocycles. The lowest BCUT2D eigenvalue weighted by Crippen LogP contribution is -2.10. The van der Waals surface area contributed by atoms with E-state index in [4.69, 9.17) is 4.74 Å². The van der Waals surface area contributed by atoms with Crippen molar-refractivity contribution in [2.24, 2.45) is 4.99 Å². The second kappa shape index (κ2) is 3.15. The van der Waals surface area contributed by atoms with E-state index in [0.717, 1.165) is 11.5 Å². The molecule has 2 heterocycles. The van der Waals surface area contributed by atoms with Gasteiger partial charge in [-0.1, -0.05) is 0 Å². The maximum Gasteiger partial charge on any atom is 0.289 e. The third kappa shape index (κ3) is 1.58. The van der Waals surface area contributed by atoms with Crippen LogP contribution >= 0.6 is 11.3 Å². The molecule has 4 heteroatoms. The molecule has 0 fully saturated rings. The summed E-state index contributed by atoms with van der Waals surface area (Å²) in [5, 5.41) is 6.29. The van der Waals surface area contributed by atoms with E-state index in [1.54, 1.807) is 11.3 Å². The molecule has 0 aliphatic carbocycles. The third-order valence-corrected chi connectivity index (χ3v) is 2.51. The molecule has 1 aliphatic heterocycles. The van der Waals surface area contributed by atoms with Gasteiger partial charge in [-0.05, 0) is 23.9 Å². The third-order valence-electron chi connectivity index (χ3n) is 1.55. The Kier molecular flexibility index (Phi) is 1.99. The monoisotopic (exact) mass is 182 g/mol. The lowest BCUT2D eigenvalue weighted by molar-refractivity contribution is 0.346. The highest BCUT2D eigenvalue weighted by molar-refractivity contribution is 7.14. The van der Waals surface area contributed by atoms with Crippen molar-refractivity contribution in [3.63, 3.8) is 0 Å². The van der Waals surface area contributed by atoms with Crippen LogP contribution in [-0.4, -0.2) is 19.2 Å². The van der Waals surface area contributed by atoms with Crippen LogP contribution in [0.3, 0.4) is 0 Å². The summed E-state index contributed by atoms with van der Waals surface area (Å²) in [5.41, 5.74) is 1.26. The smallest absolute Gasteiger partial charge is 0.289 e. The zero-order valence-electron chi connectivity index (χ0n) is 6.83. The lowest BCUT2D eigenvalue weighted by atomic mass is 10.4. The Hall–Kier alpha value is -1.03. The molecule has 1 aromatic rings. The highest BCUT2D eigenvalue weighted by Crippen LogP contribution is 2.19. The molecule has 0 saturated heterocycles. The van der Waals surface area contributed by atoms with Crippen molar-refractivity contribution in [3.8, 4) is 0 Å². The van der Waals surface area contributed by atoms with Gasteiger partial charge in [0.15, 0.2) is 0 Å². The summed E-state index contributed by atoms with van der Waals surface area (Å²) in [6.45, 7) is 3.54. The number of ether oxygens (including phenoxy) is 1. The molecular formula is C8H10N2OS. The predicted molar refractivity (Wildman–Crippen MR) is 50.9 cm³/mol. The summed E-state index contributed by atoms with van der Waals surface area (Å²) >= 11 is 1.66. The van der Waals surface area contributed by atoms with Gasteiger partial charge in [0.1, 0.15) is 6.61 Å². The first-order valence-corrected chi connectivity index (χ1v) is 4.72. The standard InChI is InChI=1S/C8H10N2OS/c1-6-4-7(12-5-6)10-8-9-2-3-11-8/h4-5H,2-3H2,1H3,(H,9,10). The predicted octanol–water partition coefficient (Wildman–Crippen LogP) is 1.85. The first kappa shape index (κ1) is 7.61. The van der Waals surface area contributed by atoms with Crippen molar-refractivity contribution in [1.82, 2.24) is 0 Å². The van der Waals surface area contributed by atoms with Gasteiger partial charge in [-0.25, -0.2) is 4.99 Å². The average molecular weight is 182 g/mol. The highest BCUT2D eigenvalue weighted by Gasteiger charge is 2.07. The fourth-order valence-corrected chi connectivity index (χ4v) is 1.79. The van der Waals surface area contributed by atoms with Gasteiger partial charge < -0.3 is 10.1 Å². The summed E-state index contributed by atoms with van der Waals surface area (Å²) < 4.78 is 5.21. The second-order valence-corrected chi connectivity index (χ2v) is 3.56. The maximum absolute atomic E-state index is 5.21. The van der Waals surface area contributed by atoms with E-state index in [9.17, 15) is 0 Å². The lowest BCUT2D eigenvalue weighted by Gasteiger charge is -2.00. The molecule has 0 amide bonds. The molecule has 0 aromatic carbocycles. The molecule has 12 heavy (non-hydrogen) atoms. The quantitative estimate of drug-likeness (QED) is 0.719. The number of thiophene rings is 1. The normalized spacial score (nSPS) is 15.6. The Bertz CT molecular complexity index is 306. The molecule has 0 radical (unpaired) electrons. The molecule has 1 aliphatic rings. The molecule has 0 bridgehead atoms. The number of aryl methyl sites for hydroxylation is 1. The highest BCUT2D eigenvalue weighted by atomic mass is 32.1. The van der Waals surface area contributed by atoms with Crippen LogP contribution in [0.15, 0.2) is 16.4 Å². The molecular weight excluding hydrogens is 172 g/mol. The Morgan fingerprint density at radius 2 is 2.58 bits per heavy atom. The van der Waals surface area contributed by atoms with Crippen LogP contribution in [-0.2, 0) is 4.74 Å². The molecule has 0 atom stereocenters. The van der Waals surface area contributed by atoms with Crippen LogP contribution in [0.4, 0.5) is 5.00 Å². The van der Waals surface area contributed by atoms with Gasteiger partial charge in [0, 0.05) is 0 Å². The van der Waals surface area contributed by atoms with Gasteiger partial charge in [-0.2, -0.15) is 0 Å². The van der Waals surface area contributed by atoms with Gasteiger partial charge >= 0.3 is 0 Å². The first-order valence-electron chi connectivity index (χ1n) is 3.84. The van der Waals surface area contributed by atoms with Crippen LogP contribution in [0.1, 0.15) is 5.56 Å². The minimum absolute atomic E-state index is 0.650. The minimum Gasteiger partial charge on any atom is -0.463 e. The summed E-state index contributed by atoms with van der Waals surface area (Å²) in [4.78, 5) is 4.13. The number of nitrogens with one attached hydrogen (secondary N) is 1. The zero-order valence-corrected chi connectivity index (χ0v) is 7.65.